The van der Waals surface area contributed by atoms with E-state index in [0.717, 1.165) is 11.1 Å². The van der Waals surface area contributed by atoms with Crippen molar-refractivity contribution in [3.8, 4) is 0 Å². The fourth-order valence-electron chi connectivity index (χ4n) is 2.56. The number of hydrogen-bond donors (Lipinski definition) is 0. The predicted octanol–water partition coefficient (Wildman–Crippen LogP) is 2.94. The van der Waals surface area contributed by atoms with Gasteiger partial charge in [0.05, 0.1) is 22.1 Å². The first kappa shape index (κ1) is 18.5. The van der Waals surface area contributed by atoms with Gasteiger partial charge in [0, 0.05) is 6.42 Å². The number of sulfonamides is 2. The van der Waals surface area contributed by atoms with Crippen LogP contribution in [0.5, 0.6) is 0 Å². The number of hydrogen-bond acceptors (Lipinski definition) is 5. The van der Waals surface area contributed by atoms with Crippen molar-refractivity contribution >= 4 is 20.0 Å². The molecule has 0 N–H and O–H groups in total. The van der Waals surface area contributed by atoms with Crippen molar-refractivity contribution in [2.24, 2.45) is 0 Å². The van der Waals surface area contributed by atoms with E-state index in [9.17, 15) is 16.8 Å². The Morgan fingerprint density at radius 2 is 1.19 bits per heavy atom. The molecule has 0 amide bonds. The molecule has 0 saturated heterocycles. The van der Waals surface area contributed by atoms with Gasteiger partial charge in [0.25, 0.3) is 20.0 Å². The second-order valence-electron chi connectivity index (χ2n) is 6.06. The first-order valence-corrected chi connectivity index (χ1v) is 10.9. The zero-order valence-corrected chi connectivity index (χ0v) is 16.0. The van der Waals surface area contributed by atoms with Gasteiger partial charge in [-0.2, -0.15) is 3.71 Å². The maximum atomic E-state index is 13.2. The molecule has 0 spiro atoms. The van der Waals surface area contributed by atoms with E-state index in [1.54, 1.807) is 24.3 Å². The van der Waals surface area contributed by atoms with Gasteiger partial charge >= 0.3 is 0 Å². The molecule has 1 heterocycles. The summed E-state index contributed by atoms with van der Waals surface area (Å²) in [6.45, 7) is 3.88. The lowest BCUT2D eigenvalue weighted by Crippen LogP contribution is -2.36. The molecule has 0 fully saturated rings. The van der Waals surface area contributed by atoms with E-state index in [1.807, 2.05) is 13.8 Å². The highest BCUT2D eigenvalue weighted by Crippen LogP contribution is 2.32. The van der Waals surface area contributed by atoms with Crippen LogP contribution in [0, 0.1) is 13.8 Å². The molecular formula is C18H19NO5S2. The molecule has 0 unspecified atom stereocenters. The Hall–Kier alpha value is -2.32. The number of benzene rings is 2. The Kier molecular flexibility index (Phi) is 4.81. The molecule has 0 radical (unpaired) electrons. The molecule has 2 aromatic rings. The van der Waals surface area contributed by atoms with Gasteiger partial charge in [-0.3, -0.25) is 0 Å². The summed E-state index contributed by atoms with van der Waals surface area (Å²) in [5.41, 5.74) is 1.84. The highest BCUT2D eigenvalue weighted by molar-refractivity contribution is 8.04. The molecule has 0 aromatic heterocycles. The van der Waals surface area contributed by atoms with E-state index >= 15 is 0 Å². The third kappa shape index (κ3) is 3.34. The van der Waals surface area contributed by atoms with E-state index in [4.69, 9.17) is 4.74 Å². The second-order valence-corrected chi connectivity index (χ2v) is 9.87. The molecule has 26 heavy (non-hydrogen) atoms. The zero-order valence-electron chi connectivity index (χ0n) is 14.4. The van der Waals surface area contributed by atoms with E-state index < -0.39 is 20.0 Å². The van der Waals surface area contributed by atoms with Crippen LogP contribution >= 0.6 is 0 Å². The van der Waals surface area contributed by atoms with Crippen molar-refractivity contribution in [1.29, 1.82) is 0 Å². The van der Waals surface area contributed by atoms with Crippen LogP contribution in [-0.2, 0) is 24.8 Å². The smallest absolute Gasteiger partial charge is 0.277 e. The lowest BCUT2D eigenvalue weighted by Gasteiger charge is -2.24. The summed E-state index contributed by atoms with van der Waals surface area (Å²) in [6.07, 6.45) is 1.38. The molecule has 3 rings (SSSR count). The van der Waals surface area contributed by atoms with Gasteiger partial charge in [0.15, 0.2) is 0 Å². The molecule has 0 bridgehead atoms. The van der Waals surface area contributed by atoms with Crippen molar-refractivity contribution in [1.82, 2.24) is 3.71 Å². The highest BCUT2D eigenvalue weighted by atomic mass is 32.3. The van der Waals surface area contributed by atoms with E-state index in [2.05, 4.69) is 0 Å². The topological polar surface area (TPSA) is 80.8 Å². The summed E-state index contributed by atoms with van der Waals surface area (Å²) < 4.78 is 58.3. The van der Waals surface area contributed by atoms with Crippen LogP contribution in [0.1, 0.15) is 17.5 Å². The maximum absolute atomic E-state index is 13.2. The Morgan fingerprint density at radius 3 is 1.54 bits per heavy atom. The molecule has 138 valence electrons. The average Bonchev–Trinajstić information content (AvgIpc) is 3.09. The molecular weight excluding hydrogens is 374 g/mol. The van der Waals surface area contributed by atoms with Crippen LogP contribution in [0.3, 0.4) is 0 Å². The summed E-state index contributed by atoms with van der Waals surface area (Å²) in [4.78, 5) is -0.182. The minimum absolute atomic E-state index is 0.0890. The molecule has 1 aliphatic rings. The Morgan fingerprint density at radius 1 is 0.769 bits per heavy atom. The van der Waals surface area contributed by atoms with E-state index in [0.29, 0.717) is 3.71 Å². The Balaban J connectivity index is 2.17. The molecule has 2 aromatic carbocycles. The number of aryl methyl sites for hydroxylation is 2. The largest absolute Gasteiger partial charge is 0.499 e. The summed E-state index contributed by atoms with van der Waals surface area (Å²) in [6, 6.07) is 12.1. The molecule has 8 heteroatoms. The monoisotopic (exact) mass is 393 g/mol. The second kappa shape index (κ2) is 6.77. The van der Waals surface area contributed by atoms with Crippen molar-refractivity contribution in [2.75, 3.05) is 6.61 Å². The van der Waals surface area contributed by atoms with Crippen LogP contribution in [0.2, 0.25) is 0 Å². The van der Waals surface area contributed by atoms with Crippen LogP contribution in [-0.4, -0.2) is 27.2 Å². The minimum Gasteiger partial charge on any atom is -0.499 e. The number of rotatable bonds is 5. The number of ether oxygens (including phenoxy) is 1. The van der Waals surface area contributed by atoms with E-state index in [1.165, 1.54) is 30.5 Å². The highest BCUT2D eigenvalue weighted by Gasteiger charge is 2.39. The standard InChI is InChI=1S/C18H19NO5S2/c1-14-3-7-17(8-4-14)25(20,21)19(16-11-12-24-13-16)26(22,23)18-9-5-15(2)6-10-18/h3-10,13H,11-12H2,1-2H3. The van der Waals surface area contributed by atoms with Crippen molar-refractivity contribution in [3.05, 3.63) is 71.6 Å². The summed E-state index contributed by atoms with van der Waals surface area (Å²) in [5.74, 6) is 0. The van der Waals surface area contributed by atoms with E-state index in [-0.39, 0.29) is 28.5 Å². The lowest BCUT2D eigenvalue weighted by atomic mass is 10.2. The van der Waals surface area contributed by atoms with Crippen molar-refractivity contribution < 1.29 is 21.6 Å². The lowest BCUT2D eigenvalue weighted by molar-refractivity contribution is 0.281. The van der Waals surface area contributed by atoms with Gasteiger partial charge in [0.2, 0.25) is 0 Å². The van der Waals surface area contributed by atoms with Gasteiger partial charge in [-0.1, -0.05) is 35.4 Å². The molecule has 0 aliphatic carbocycles. The molecule has 0 atom stereocenters. The number of nitrogens with zero attached hydrogens (tertiary/aromatic N) is 1. The third-order valence-electron chi connectivity index (χ3n) is 4.00. The Bertz CT molecular complexity index is 962. The normalized spacial score (nSPS) is 14.6. The van der Waals surface area contributed by atoms with Gasteiger partial charge in [-0.15, -0.1) is 0 Å². The summed E-state index contributed by atoms with van der Waals surface area (Å²) in [7, 11) is -8.64. The van der Waals surface area contributed by atoms with Gasteiger partial charge in [0.1, 0.15) is 6.26 Å². The predicted molar refractivity (Wildman–Crippen MR) is 97.2 cm³/mol. The van der Waals surface area contributed by atoms with Gasteiger partial charge < -0.3 is 4.74 Å². The van der Waals surface area contributed by atoms with Crippen LogP contribution < -0.4 is 0 Å². The average molecular weight is 393 g/mol. The van der Waals surface area contributed by atoms with Crippen molar-refractivity contribution in [3.63, 3.8) is 0 Å². The quantitative estimate of drug-likeness (QED) is 0.780. The van der Waals surface area contributed by atoms with Crippen molar-refractivity contribution in [2.45, 2.75) is 30.1 Å². The first-order chi connectivity index (χ1) is 12.2. The molecule has 6 nitrogen and oxygen atoms in total. The SMILES string of the molecule is Cc1ccc(S(=O)(=O)N(C2=COCC2)S(=O)(=O)c2ccc(C)cc2)cc1. The van der Waals surface area contributed by atoms with Crippen LogP contribution in [0.15, 0.2) is 70.3 Å². The molecule has 0 saturated carbocycles. The Labute approximate surface area is 153 Å². The maximum Gasteiger partial charge on any atom is 0.277 e. The molecule has 1 aliphatic heterocycles. The third-order valence-corrected chi connectivity index (χ3v) is 8.26. The fourth-order valence-corrected chi connectivity index (χ4v) is 6.34. The van der Waals surface area contributed by atoms with Crippen LogP contribution in [0.25, 0.3) is 0 Å². The van der Waals surface area contributed by atoms with Gasteiger partial charge in [-0.25, -0.2) is 16.8 Å². The minimum atomic E-state index is -4.32. The zero-order chi connectivity index (χ0) is 18.9. The summed E-state index contributed by atoms with van der Waals surface area (Å²) in [5, 5.41) is 0. The van der Waals surface area contributed by atoms with Gasteiger partial charge in [-0.05, 0) is 38.1 Å². The first-order valence-electron chi connectivity index (χ1n) is 7.97. The fraction of sp³-hybridized carbons (Fsp3) is 0.222. The summed E-state index contributed by atoms with van der Waals surface area (Å²) >= 11 is 0. The van der Waals surface area contributed by atoms with Crippen LogP contribution in [0.4, 0.5) is 0 Å².